The minimum Gasteiger partial charge on any atom is -0.324 e. The first-order valence-electron chi connectivity index (χ1n) is 5.16. The van der Waals surface area contributed by atoms with E-state index >= 15 is 0 Å². The van der Waals surface area contributed by atoms with Gasteiger partial charge in [-0.2, -0.15) is 5.10 Å². The molecule has 8 heteroatoms. The van der Waals surface area contributed by atoms with E-state index in [1.54, 1.807) is 24.5 Å². The van der Waals surface area contributed by atoms with Crippen LogP contribution in [0.2, 0.25) is 0 Å². The Bertz CT molecular complexity index is 592. The molecule has 0 atom stereocenters. The first kappa shape index (κ1) is 12.6. The molecule has 0 aliphatic carbocycles. The van der Waals surface area contributed by atoms with Crippen LogP contribution in [0, 0.1) is 0 Å². The molecule has 0 amide bonds. The molecule has 0 saturated carbocycles. The van der Waals surface area contributed by atoms with Crippen molar-refractivity contribution in [3.8, 4) is 0 Å². The Hall–Kier alpha value is -1.90. The van der Waals surface area contributed by atoms with Crippen LogP contribution in [-0.2, 0) is 16.6 Å². The van der Waals surface area contributed by atoms with Gasteiger partial charge in [0.1, 0.15) is 0 Å². The third-order valence-electron chi connectivity index (χ3n) is 2.35. The Balaban J connectivity index is 2.09. The van der Waals surface area contributed by atoms with Crippen LogP contribution in [0.25, 0.3) is 0 Å². The standard InChI is InChI=1S/C10H13N5O2S/c11-15-9-1-3-10(4-2-9)18(16,17)14-7-8-5-12-13-6-8/h1-6,14-15H,7,11H2,(H,12,13). The number of rotatable bonds is 5. The Labute approximate surface area is 104 Å². The van der Waals surface area contributed by atoms with Crippen molar-refractivity contribution in [1.29, 1.82) is 0 Å². The molecule has 0 radical (unpaired) electrons. The molecule has 2 aromatic rings. The van der Waals surface area contributed by atoms with E-state index < -0.39 is 10.0 Å². The van der Waals surface area contributed by atoms with Gasteiger partial charge in [0, 0.05) is 24.0 Å². The maximum absolute atomic E-state index is 11.9. The van der Waals surface area contributed by atoms with Gasteiger partial charge in [-0.15, -0.1) is 0 Å². The van der Waals surface area contributed by atoms with Crippen molar-refractivity contribution in [2.75, 3.05) is 5.43 Å². The molecule has 0 spiro atoms. The van der Waals surface area contributed by atoms with Crippen LogP contribution in [-0.4, -0.2) is 18.6 Å². The van der Waals surface area contributed by atoms with Crippen molar-refractivity contribution in [2.24, 2.45) is 5.84 Å². The topological polar surface area (TPSA) is 113 Å². The van der Waals surface area contributed by atoms with Crippen LogP contribution in [0.1, 0.15) is 5.56 Å². The summed E-state index contributed by atoms with van der Waals surface area (Å²) < 4.78 is 26.3. The Kier molecular flexibility index (Phi) is 3.60. The number of aromatic nitrogens is 2. The van der Waals surface area contributed by atoms with Crippen molar-refractivity contribution < 1.29 is 8.42 Å². The lowest BCUT2D eigenvalue weighted by Crippen LogP contribution is -2.23. The van der Waals surface area contributed by atoms with Gasteiger partial charge in [-0.3, -0.25) is 10.9 Å². The van der Waals surface area contributed by atoms with E-state index in [0.29, 0.717) is 5.69 Å². The summed E-state index contributed by atoms with van der Waals surface area (Å²) in [6.07, 6.45) is 3.19. The minimum atomic E-state index is -3.52. The summed E-state index contributed by atoms with van der Waals surface area (Å²) in [6, 6.07) is 6.14. The van der Waals surface area contributed by atoms with E-state index in [9.17, 15) is 8.42 Å². The Morgan fingerprint density at radius 2 is 2.00 bits per heavy atom. The number of nitrogens with one attached hydrogen (secondary N) is 3. The maximum atomic E-state index is 11.9. The van der Waals surface area contributed by atoms with Crippen molar-refractivity contribution in [3.63, 3.8) is 0 Å². The summed E-state index contributed by atoms with van der Waals surface area (Å²) in [5, 5.41) is 6.35. The average Bonchev–Trinajstić information content (AvgIpc) is 2.90. The molecule has 7 nitrogen and oxygen atoms in total. The monoisotopic (exact) mass is 267 g/mol. The number of H-pyrrole nitrogens is 1. The SMILES string of the molecule is NNc1ccc(S(=O)(=O)NCc2cn[nH]c2)cc1. The van der Waals surface area contributed by atoms with Gasteiger partial charge in [-0.1, -0.05) is 0 Å². The highest BCUT2D eigenvalue weighted by Crippen LogP contribution is 2.13. The van der Waals surface area contributed by atoms with Gasteiger partial charge in [-0.25, -0.2) is 13.1 Å². The fraction of sp³-hybridized carbons (Fsp3) is 0.100. The van der Waals surface area contributed by atoms with Gasteiger partial charge >= 0.3 is 0 Å². The van der Waals surface area contributed by atoms with E-state index in [-0.39, 0.29) is 11.4 Å². The summed E-state index contributed by atoms with van der Waals surface area (Å²) in [6.45, 7) is 0.190. The van der Waals surface area contributed by atoms with Crippen LogP contribution in [0.5, 0.6) is 0 Å². The third kappa shape index (κ3) is 2.86. The second-order valence-corrected chi connectivity index (χ2v) is 5.37. The molecule has 1 heterocycles. The Morgan fingerprint density at radius 3 is 2.56 bits per heavy atom. The lowest BCUT2D eigenvalue weighted by Gasteiger charge is -2.06. The number of benzene rings is 1. The molecule has 0 aliphatic rings. The number of hydrogen-bond donors (Lipinski definition) is 4. The molecular weight excluding hydrogens is 254 g/mol. The number of nitrogens with zero attached hydrogens (tertiary/aromatic N) is 1. The van der Waals surface area contributed by atoms with Gasteiger partial charge in [0.2, 0.25) is 10.0 Å². The molecular formula is C10H13N5O2S. The number of hydrogen-bond acceptors (Lipinski definition) is 5. The second-order valence-electron chi connectivity index (χ2n) is 3.60. The zero-order valence-corrected chi connectivity index (χ0v) is 10.2. The van der Waals surface area contributed by atoms with Crippen molar-refractivity contribution in [1.82, 2.24) is 14.9 Å². The quantitative estimate of drug-likeness (QED) is 0.456. The first-order chi connectivity index (χ1) is 8.62. The predicted octanol–water partition coefficient (Wildman–Crippen LogP) is 0.174. The molecule has 0 aliphatic heterocycles. The zero-order chi connectivity index (χ0) is 13.0. The molecule has 1 aromatic heterocycles. The van der Waals surface area contributed by atoms with E-state index in [1.165, 1.54) is 12.1 Å². The number of anilines is 1. The van der Waals surface area contributed by atoms with E-state index in [0.717, 1.165) is 5.56 Å². The van der Waals surface area contributed by atoms with E-state index in [1.807, 2.05) is 0 Å². The minimum absolute atomic E-state index is 0.185. The predicted molar refractivity (Wildman–Crippen MR) is 66.9 cm³/mol. The number of nitrogens with two attached hydrogens (primary N) is 1. The normalized spacial score (nSPS) is 11.4. The van der Waals surface area contributed by atoms with Gasteiger partial charge in [0.15, 0.2) is 0 Å². The molecule has 5 N–H and O–H groups in total. The van der Waals surface area contributed by atoms with Gasteiger partial charge in [0.05, 0.1) is 11.1 Å². The molecule has 1 aromatic carbocycles. The van der Waals surface area contributed by atoms with Gasteiger partial charge < -0.3 is 5.43 Å². The molecule has 96 valence electrons. The fourth-order valence-corrected chi connectivity index (χ4v) is 2.38. The van der Waals surface area contributed by atoms with E-state index in [2.05, 4.69) is 20.3 Å². The number of nitrogen functional groups attached to an aromatic ring is 1. The van der Waals surface area contributed by atoms with E-state index in [4.69, 9.17) is 5.84 Å². The summed E-state index contributed by atoms with van der Waals surface area (Å²) in [4.78, 5) is 0.185. The summed E-state index contributed by atoms with van der Waals surface area (Å²) >= 11 is 0. The number of aromatic amines is 1. The molecule has 0 unspecified atom stereocenters. The maximum Gasteiger partial charge on any atom is 0.240 e. The van der Waals surface area contributed by atoms with Crippen molar-refractivity contribution >= 4 is 15.7 Å². The highest BCUT2D eigenvalue weighted by Gasteiger charge is 2.13. The van der Waals surface area contributed by atoms with Crippen molar-refractivity contribution in [3.05, 3.63) is 42.2 Å². The zero-order valence-electron chi connectivity index (χ0n) is 9.42. The van der Waals surface area contributed by atoms with Crippen LogP contribution in [0.4, 0.5) is 5.69 Å². The highest BCUT2D eigenvalue weighted by atomic mass is 32.2. The average molecular weight is 267 g/mol. The molecule has 2 rings (SSSR count). The van der Waals surface area contributed by atoms with Gasteiger partial charge in [0.25, 0.3) is 0 Å². The summed E-state index contributed by atoms with van der Waals surface area (Å²) in [7, 11) is -3.52. The van der Waals surface area contributed by atoms with Crippen LogP contribution in [0.15, 0.2) is 41.6 Å². The summed E-state index contributed by atoms with van der Waals surface area (Å²) in [5.41, 5.74) is 3.84. The highest BCUT2D eigenvalue weighted by molar-refractivity contribution is 7.89. The van der Waals surface area contributed by atoms with Crippen molar-refractivity contribution in [2.45, 2.75) is 11.4 Å². The van der Waals surface area contributed by atoms with Gasteiger partial charge in [-0.05, 0) is 24.3 Å². The molecule has 0 fully saturated rings. The number of hydrazine groups is 1. The van der Waals surface area contributed by atoms with Crippen LogP contribution in [0.3, 0.4) is 0 Å². The van der Waals surface area contributed by atoms with Crippen LogP contribution >= 0.6 is 0 Å². The third-order valence-corrected chi connectivity index (χ3v) is 3.77. The summed E-state index contributed by atoms with van der Waals surface area (Å²) in [5.74, 6) is 5.21. The fourth-order valence-electron chi connectivity index (χ4n) is 1.37. The molecule has 18 heavy (non-hydrogen) atoms. The lowest BCUT2D eigenvalue weighted by atomic mass is 10.3. The van der Waals surface area contributed by atoms with Crippen LogP contribution < -0.4 is 16.0 Å². The second kappa shape index (κ2) is 5.17. The largest absolute Gasteiger partial charge is 0.324 e. The first-order valence-corrected chi connectivity index (χ1v) is 6.64. The Morgan fingerprint density at radius 1 is 1.28 bits per heavy atom. The number of sulfonamides is 1. The lowest BCUT2D eigenvalue weighted by molar-refractivity contribution is 0.581. The molecule has 0 bridgehead atoms. The smallest absolute Gasteiger partial charge is 0.240 e. The molecule has 0 saturated heterocycles.